The zero-order valence-electron chi connectivity index (χ0n) is 11.0. The van der Waals surface area contributed by atoms with Gasteiger partial charge in [-0.1, -0.05) is 0 Å². The standard InChI is InChI=1S/C15H18FNO2/c1-9-6-10(16)2-5-14(9)15(19)17-11-3-4-12(17)8-13(18)7-11/h2,5-6,11-13,18H,3-4,7-8H2,1H3. The van der Waals surface area contributed by atoms with Crippen LogP contribution in [-0.4, -0.2) is 34.1 Å². The Hall–Kier alpha value is -1.42. The lowest BCUT2D eigenvalue weighted by atomic mass is 9.97. The molecule has 2 atom stereocenters. The molecule has 2 aliphatic rings. The van der Waals surface area contributed by atoms with Crippen LogP contribution in [0.1, 0.15) is 41.6 Å². The number of hydrogen-bond acceptors (Lipinski definition) is 2. The normalized spacial score (nSPS) is 29.6. The van der Waals surface area contributed by atoms with Gasteiger partial charge in [0.05, 0.1) is 6.10 Å². The first kappa shape index (κ1) is 12.6. The van der Waals surface area contributed by atoms with Crippen molar-refractivity contribution in [2.45, 2.75) is 50.8 Å². The molecule has 2 unspecified atom stereocenters. The van der Waals surface area contributed by atoms with Crippen molar-refractivity contribution >= 4 is 5.91 Å². The Kier molecular flexibility index (Phi) is 3.05. The van der Waals surface area contributed by atoms with Gasteiger partial charge < -0.3 is 10.0 Å². The van der Waals surface area contributed by atoms with Crippen LogP contribution < -0.4 is 0 Å². The number of hydrogen-bond donors (Lipinski definition) is 1. The molecule has 1 N–H and O–H groups in total. The van der Waals surface area contributed by atoms with Gasteiger partial charge in [0.2, 0.25) is 0 Å². The minimum absolute atomic E-state index is 0.0168. The number of carbonyl (C=O) groups excluding carboxylic acids is 1. The van der Waals surface area contributed by atoms with Gasteiger partial charge in [0.25, 0.3) is 5.91 Å². The van der Waals surface area contributed by atoms with Crippen molar-refractivity contribution in [3.05, 3.63) is 35.1 Å². The summed E-state index contributed by atoms with van der Waals surface area (Å²) >= 11 is 0. The Morgan fingerprint density at radius 1 is 1.32 bits per heavy atom. The van der Waals surface area contributed by atoms with Crippen molar-refractivity contribution in [2.24, 2.45) is 0 Å². The van der Waals surface area contributed by atoms with Crippen LogP contribution in [0, 0.1) is 12.7 Å². The third-order valence-corrected chi connectivity index (χ3v) is 4.36. The number of rotatable bonds is 1. The lowest BCUT2D eigenvalue weighted by Crippen LogP contribution is -2.48. The van der Waals surface area contributed by atoms with E-state index >= 15 is 0 Å². The molecule has 1 amide bonds. The van der Waals surface area contributed by atoms with Gasteiger partial charge in [-0.15, -0.1) is 0 Å². The summed E-state index contributed by atoms with van der Waals surface area (Å²) in [5.74, 6) is -0.331. The summed E-state index contributed by atoms with van der Waals surface area (Å²) in [7, 11) is 0. The van der Waals surface area contributed by atoms with Crippen LogP contribution in [0.5, 0.6) is 0 Å². The van der Waals surface area contributed by atoms with E-state index in [-0.39, 0.29) is 29.9 Å². The molecule has 0 aromatic heterocycles. The number of halogens is 1. The van der Waals surface area contributed by atoms with Gasteiger partial charge in [-0.25, -0.2) is 4.39 Å². The van der Waals surface area contributed by atoms with Gasteiger partial charge in [-0.2, -0.15) is 0 Å². The number of carbonyl (C=O) groups is 1. The average molecular weight is 263 g/mol. The number of aliphatic hydroxyl groups is 1. The van der Waals surface area contributed by atoms with Crippen LogP contribution in [0.15, 0.2) is 18.2 Å². The van der Waals surface area contributed by atoms with Gasteiger partial charge in [-0.3, -0.25) is 4.79 Å². The number of fused-ring (bicyclic) bond motifs is 2. The monoisotopic (exact) mass is 263 g/mol. The zero-order chi connectivity index (χ0) is 13.6. The van der Waals surface area contributed by atoms with Crippen LogP contribution in [-0.2, 0) is 0 Å². The van der Waals surface area contributed by atoms with Crippen molar-refractivity contribution in [1.29, 1.82) is 0 Å². The highest BCUT2D eigenvalue weighted by Crippen LogP contribution is 2.37. The van der Waals surface area contributed by atoms with E-state index in [9.17, 15) is 14.3 Å². The summed E-state index contributed by atoms with van der Waals surface area (Å²) in [6.45, 7) is 1.76. The fourth-order valence-corrected chi connectivity index (χ4v) is 3.49. The summed E-state index contributed by atoms with van der Waals surface area (Å²) in [6, 6.07) is 4.59. The van der Waals surface area contributed by atoms with E-state index in [1.165, 1.54) is 12.1 Å². The van der Waals surface area contributed by atoms with Crippen molar-refractivity contribution in [2.75, 3.05) is 0 Å². The summed E-state index contributed by atoms with van der Waals surface area (Å²) in [4.78, 5) is 14.5. The third kappa shape index (κ3) is 2.14. The quantitative estimate of drug-likeness (QED) is 0.844. The van der Waals surface area contributed by atoms with E-state index < -0.39 is 0 Å². The SMILES string of the molecule is Cc1cc(F)ccc1C(=O)N1C2CCC1CC(O)C2. The minimum atomic E-state index is -0.314. The summed E-state index contributed by atoms with van der Waals surface area (Å²) < 4.78 is 13.1. The fraction of sp³-hybridized carbons (Fsp3) is 0.533. The molecule has 3 rings (SSSR count). The second-order valence-corrected chi connectivity index (χ2v) is 5.68. The number of aryl methyl sites for hydroxylation is 1. The first-order chi connectivity index (χ1) is 9.06. The van der Waals surface area contributed by atoms with Crippen LogP contribution in [0.2, 0.25) is 0 Å². The molecule has 0 radical (unpaired) electrons. The summed E-state index contributed by atoms with van der Waals surface area (Å²) in [5, 5.41) is 9.76. The second-order valence-electron chi connectivity index (χ2n) is 5.68. The average Bonchev–Trinajstić information content (AvgIpc) is 2.61. The molecular weight excluding hydrogens is 245 g/mol. The van der Waals surface area contributed by atoms with E-state index in [0.29, 0.717) is 24.0 Å². The number of benzene rings is 1. The van der Waals surface area contributed by atoms with E-state index in [0.717, 1.165) is 12.8 Å². The van der Waals surface area contributed by atoms with Crippen LogP contribution in [0.25, 0.3) is 0 Å². The van der Waals surface area contributed by atoms with Gasteiger partial charge in [0.1, 0.15) is 5.82 Å². The molecule has 2 aliphatic heterocycles. The highest BCUT2D eigenvalue weighted by molar-refractivity contribution is 5.96. The maximum absolute atomic E-state index is 13.1. The smallest absolute Gasteiger partial charge is 0.254 e. The summed E-state index contributed by atoms with van der Waals surface area (Å²) in [5.41, 5.74) is 1.25. The number of aliphatic hydroxyl groups excluding tert-OH is 1. The molecule has 2 saturated heterocycles. The first-order valence-corrected chi connectivity index (χ1v) is 6.83. The Bertz CT molecular complexity index is 503. The molecule has 102 valence electrons. The van der Waals surface area contributed by atoms with Gasteiger partial charge in [0.15, 0.2) is 0 Å². The molecule has 0 spiro atoms. The molecule has 1 aromatic carbocycles. The van der Waals surface area contributed by atoms with Gasteiger partial charge >= 0.3 is 0 Å². The molecule has 4 heteroatoms. The van der Waals surface area contributed by atoms with Crippen molar-refractivity contribution < 1.29 is 14.3 Å². The predicted octanol–water partition coefficient (Wildman–Crippen LogP) is 2.26. The lowest BCUT2D eigenvalue weighted by Gasteiger charge is -2.37. The van der Waals surface area contributed by atoms with Crippen LogP contribution >= 0.6 is 0 Å². The van der Waals surface area contributed by atoms with Crippen molar-refractivity contribution in [1.82, 2.24) is 4.90 Å². The van der Waals surface area contributed by atoms with Crippen molar-refractivity contribution in [3.63, 3.8) is 0 Å². The van der Waals surface area contributed by atoms with Crippen LogP contribution in [0.3, 0.4) is 0 Å². The Morgan fingerprint density at radius 3 is 2.53 bits per heavy atom. The number of piperidine rings is 1. The molecular formula is C15H18FNO2. The molecule has 3 nitrogen and oxygen atoms in total. The van der Waals surface area contributed by atoms with Gasteiger partial charge in [0, 0.05) is 17.6 Å². The largest absolute Gasteiger partial charge is 0.393 e. The predicted molar refractivity (Wildman–Crippen MR) is 69.4 cm³/mol. The molecule has 19 heavy (non-hydrogen) atoms. The zero-order valence-corrected chi connectivity index (χ0v) is 11.0. The number of amides is 1. The van der Waals surface area contributed by atoms with Gasteiger partial charge in [-0.05, 0) is 56.4 Å². The maximum Gasteiger partial charge on any atom is 0.254 e. The molecule has 0 aliphatic carbocycles. The van der Waals surface area contributed by atoms with Crippen LogP contribution in [0.4, 0.5) is 4.39 Å². The second kappa shape index (κ2) is 4.60. The molecule has 2 heterocycles. The Balaban J connectivity index is 1.88. The van der Waals surface area contributed by atoms with E-state index in [2.05, 4.69) is 0 Å². The minimum Gasteiger partial charge on any atom is -0.393 e. The highest BCUT2D eigenvalue weighted by atomic mass is 19.1. The summed E-state index contributed by atoms with van der Waals surface area (Å²) in [6.07, 6.45) is 2.99. The fourth-order valence-electron chi connectivity index (χ4n) is 3.49. The van der Waals surface area contributed by atoms with E-state index in [1.807, 2.05) is 4.90 Å². The maximum atomic E-state index is 13.1. The Morgan fingerprint density at radius 2 is 1.95 bits per heavy atom. The molecule has 2 bridgehead atoms. The first-order valence-electron chi connectivity index (χ1n) is 6.83. The van der Waals surface area contributed by atoms with Crippen molar-refractivity contribution in [3.8, 4) is 0 Å². The number of nitrogens with zero attached hydrogens (tertiary/aromatic N) is 1. The lowest BCUT2D eigenvalue weighted by molar-refractivity contribution is 0.0286. The Labute approximate surface area is 112 Å². The van der Waals surface area contributed by atoms with E-state index in [1.54, 1.807) is 13.0 Å². The third-order valence-electron chi connectivity index (χ3n) is 4.36. The highest BCUT2D eigenvalue weighted by Gasteiger charge is 2.43. The molecule has 2 fully saturated rings. The molecule has 1 aromatic rings. The van der Waals surface area contributed by atoms with E-state index in [4.69, 9.17) is 0 Å². The topological polar surface area (TPSA) is 40.5 Å². The molecule has 0 saturated carbocycles.